The number of carboxylic acid groups (broad SMARTS) is 1. The van der Waals surface area contributed by atoms with Crippen LogP contribution in [0.3, 0.4) is 0 Å². The first-order valence-corrected chi connectivity index (χ1v) is 9.00. The number of hydrogen-bond donors (Lipinski definition) is 2. The van der Waals surface area contributed by atoms with E-state index in [1.807, 2.05) is 6.07 Å². The van der Waals surface area contributed by atoms with Crippen molar-refractivity contribution in [1.29, 1.82) is 0 Å². The van der Waals surface area contributed by atoms with E-state index < -0.39 is 12.1 Å². The van der Waals surface area contributed by atoms with E-state index in [0.29, 0.717) is 16.8 Å². The van der Waals surface area contributed by atoms with E-state index in [4.69, 9.17) is 4.74 Å². The molecule has 1 saturated carbocycles. The van der Waals surface area contributed by atoms with Gasteiger partial charge in [-0.15, -0.1) is 0 Å². The van der Waals surface area contributed by atoms with Gasteiger partial charge in [-0.25, -0.2) is 14.5 Å². The van der Waals surface area contributed by atoms with Crippen LogP contribution in [-0.4, -0.2) is 43.7 Å². The molecule has 1 aliphatic carbocycles. The largest absolute Gasteiger partial charge is 0.478 e. The maximum Gasteiger partial charge on any atom is 0.335 e. The third-order valence-electron chi connectivity index (χ3n) is 5.04. The first-order chi connectivity index (χ1) is 13.0. The molecule has 1 fully saturated rings. The molecule has 1 aromatic carbocycles. The summed E-state index contributed by atoms with van der Waals surface area (Å²) in [7, 11) is 0. The van der Waals surface area contributed by atoms with Gasteiger partial charge in [0.25, 0.3) is 0 Å². The molecule has 27 heavy (non-hydrogen) atoms. The van der Waals surface area contributed by atoms with Crippen LogP contribution in [0.5, 0.6) is 0 Å². The lowest BCUT2D eigenvalue weighted by Gasteiger charge is -2.26. The molecule has 0 amide bonds. The lowest BCUT2D eigenvalue weighted by Crippen LogP contribution is -2.24. The van der Waals surface area contributed by atoms with Crippen LogP contribution in [0.1, 0.15) is 46.9 Å². The van der Waals surface area contributed by atoms with Gasteiger partial charge in [0.15, 0.2) is 5.65 Å². The quantitative estimate of drug-likeness (QED) is 0.695. The second-order valence-corrected chi connectivity index (χ2v) is 6.94. The topological polar surface area (TPSA) is 97.5 Å². The zero-order valence-corrected chi connectivity index (χ0v) is 15.0. The molecule has 140 valence electrons. The Morgan fingerprint density at radius 2 is 2.15 bits per heavy atom. The highest BCUT2D eigenvalue weighted by molar-refractivity contribution is 5.89. The molecule has 0 radical (unpaired) electrons. The van der Waals surface area contributed by atoms with Crippen molar-refractivity contribution in [2.75, 3.05) is 6.61 Å². The lowest BCUT2D eigenvalue weighted by atomic mass is 9.96. The van der Waals surface area contributed by atoms with Gasteiger partial charge in [-0.1, -0.05) is 0 Å². The number of aliphatic hydroxyl groups is 1. The zero-order valence-electron chi connectivity index (χ0n) is 15.0. The second kappa shape index (κ2) is 7.09. The molecule has 3 aromatic rings. The Bertz CT molecular complexity index is 994. The van der Waals surface area contributed by atoms with Crippen LogP contribution in [0.25, 0.3) is 16.7 Å². The number of pyridine rings is 1. The predicted molar refractivity (Wildman–Crippen MR) is 99.1 cm³/mol. The third-order valence-corrected chi connectivity index (χ3v) is 5.04. The number of aromatic nitrogens is 3. The average Bonchev–Trinajstić information content (AvgIpc) is 3.03. The summed E-state index contributed by atoms with van der Waals surface area (Å²) >= 11 is 0. The Labute approximate surface area is 156 Å². The Kier molecular flexibility index (Phi) is 4.63. The van der Waals surface area contributed by atoms with Crippen molar-refractivity contribution < 1.29 is 19.7 Å². The van der Waals surface area contributed by atoms with Crippen LogP contribution in [0, 0.1) is 6.92 Å². The fourth-order valence-corrected chi connectivity index (χ4v) is 3.19. The van der Waals surface area contributed by atoms with E-state index in [0.717, 1.165) is 23.9 Å². The summed E-state index contributed by atoms with van der Waals surface area (Å²) in [6.45, 7) is 2.02. The minimum absolute atomic E-state index is 0.264. The summed E-state index contributed by atoms with van der Waals surface area (Å²) in [5.74, 6) is -0.953. The van der Waals surface area contributed by atoms with Gasteiger partial charge in [0, 0.05) is 17.1 Å². The SMILES string of the molecule is Cc1cc(-n2ncc3cc([C@@H](O)COC4CCC4)cnc32)ccc1C(=O)O. The smallest absolute Gasteiger partial charge is 0.335 e. The van der Waals surface area contributed by atoms with Crippen LogP contribution in [-0.2, 0) is 4.74 Å². The molecule has 0 bridgehead atoms. The molecule has 0 saturated heterocycles. The molecule has 0 unspecified atom stereocenters. The molecule has 0 aliphatic heterocycles. The lowest BCUT2D eigenvalue weighted by molar-refractivity contribution is -0.0427. The minimum Gasteiger partial charge on any atom is -0.478 e. The predicted octanol–water partition coefficient (Wildman–Crippen LogP) is 3.03. The van der Waals surface area contributed by atoms with Gasteiger partial charge in [0.1, 0.15) is 6.10 Å². The van der Waals surface area contributed by atoms with Crippen LogP contribution in [0.2, 0.25) is 0 Å². The molecule has 2 N–H and O–H groups in total. The Balaban J connectivity index is 1.58. The van der Waals surface area contributed by atoms with Crippen molar-refractivity contribution in [1.82, 2.24) is 14.8 Å². The summed E-state index contributed by atoms with van der Waals surface area (Å²) in [5, 5.41) is 24.7. The zero-order chi connectivity index (χ0) is 19.0. The Morgan fingerprint density at radius 3 is 2.81 bits per heavy atom. The highest BCUT2D eigenvalue weighted by atomic mass is 16.5. The van der Waals surface area contributed by atoms with Crippen molar-refractivity contribution in [3.8, 4) is 5.69 Å². The number of aliphatic hydroxyl groups excluding tert-OH is 1. The Hall–Kier alpha value is -2.77. The number of carbonyl (C=O) groups is 1. The summed E-state index contributed by atoms with van der Waals surface area (Å²) in [4.78, 5) is 15.6. The van der Waals surface area contributed by atoms with Gasteiger partial charge >= 0.3 is 5.97 Å². The molecular formula is C20H21N3O4. The molecule has 7 heteroatoms. The second-order valence-electron chi connectivity index (χ2n) is 6.94. The molecule has 0 spiro atoms. The van der Waals surface area contributed by atoms with Gasteiger partial charge in [-0.3, -0.25) is 0 Å². The van der Waals surface area contributed by atoms with Crippen LogP contribution in [0.4, 0.5) is 0 Å². The monoisotopic (exact) mass is 367 g/mol. The van der Waals surface area contributed by atoms with Crippen molar-refractivity contribution >= 4 is 17.0 Å². The number of rotatable bonds is 6. The van der Waals surface area contributed by atoms with Gasteiger partial charge in [-0.05, 0) is 56.0 Å². The van der Waals surface area contributed by atoms with Gasteiger partial charge in [0.2, 0.25) is 0 Å². The molecule has 4 rings (SSSR count). The van der Waals surface area contributed by atoms with Gasteiger partial charge in [-0.2, -0.15) is 5.10 Å². The number of ether oxygens (including phenoxy) is 1. The standard InChI is InChI=1S/C20H21N3O4/c1-12-7-15(5-6-17(12)20(25)26)23-19-14(10-22-23)8-13(9-21-19)18(24)11-27-16-3-2-4-16/h5-10,16,18,24H,2-4,11H2,1H3,(H,25,26)/t18-/m0/s1. The normalized spacial score (nSPS) is 15.6. The summed E-state index contributed by atoms with van der Waals surface area (Å²) in [6.07, 6.45) is 6.20. The first kappa shape index (κ1) is 17.6. The number of aromatic carboxylic acids is 1. The number of aryl methyl sites for hydroxylation is 1. The summed E-state index contributed by atoms with van der Waals surface area (Å²) < 4.78 is 7.34. The number of carboxylic acids is 1. The first-order valence-electron chi connectivity index (χ1n) is 9.00. The number of fused-ring (bicyclic) bond motifs is 1. The van der Waals surface area contributed by atoms with Crippen LogP contribution < -0.4 is 0 Å². The van der Waals surface area contributed by atoms with Crippen molar-refractivity contribution in [3.05, 3.63) is 53.3 Å². The minimum atomic E-state index is -0.953. The number of hydrogen-bond acceptors (Lipinski definition) is 5. The van der Waals surface area contributed by atoms with Gasteiger partial charge < -0.3 is 14.9 Å². The van der Waals surface area contributed by atoms with E-state index in [2.05, 4.69) is 10.1 Å². The van der Waals surface area contributed by atoms with E-state index in [1.54, 1.807) is 42.2 Å². The van der Waals surface area contributed by atoms with E-state index in [1.165, 1.54) is 6.42 Å². The fourth-order valence-electron chi connectivity index (χ4n) is 3.19. The van der Waals surface area contributed by atoms with Crippen molar-refractivity contribution in [2.45, 2.75) is 38.4 Å². The van der Waals surface area contributed by atoms with Crippen LogP contribution in [0.15, 0.2) is 36.7 Å². The summed E-state index contributed by atoms with van der Waals surface area (Å²) in [6, 6.07) is 6.90. The van der Waals surface area contributed by atoms with E-state index in [-0.39, 0.29) is 18.3 Å². The van der Waals surface area contributed by atoms with Crippen molar-refractivity contribution in [2.24, 2.45) is 0 Å². The fraction of sp³-hybridized carbons (Fsp3) is 0.350. The van der Waals surface area contributed by atoms with Crippen molar-refractivity contribution in [3.63, 3.8) is 0 Å². The van der Waals surface area contributed by atoms with Crippen LogP contribution >= 0.6 is 0 Å². The number of benzene rings is 1. The maximum atomic E-state index is 11.2. The van der Waals surface area contributed by atoms with Gasteiger partial charge in [0.05, 0.1) is 30.2 Å². The Morgan fingerprint density at radius 1 is 1.33 bits per heavy atom. The molecule has 7 nitrogen and oxygen atoms in total. The molecule has 2 heterocycles. The van der Waals surface area contributed by atoms with E-state index in [9.17, 15) is 15.0 Å². The highest BCUT2D eigenvalue weighted by Gasteiger charge is 2.20. The molecular weight excluding hydrogens is 346 g/mol. The van der Waals surface area contributed by atoms with E-state index >= 15 is 0 Å². The highest BCUT2D eigenvalue weighted by Crippen LogP contribution is 2.25. The molecule has 1 aliphatic rings. The molecule has 2 aromatic heterocycles. The molecule has 1 atom stereocenters. The maximum absolute atomic E-state index is 11.2. The number of nitrogens with zero attached hydrogens (tertiary/aromatic N) is 3. The summed E-state index contributed by atoms with van der Waals surface area (Å²) in [5.41, 5.74) is 3.00. The average molecular weight is 367 g/mol. The third kappa shape index (κ3) is 3.43.